The van der Waals surface area contributed by atoms with Gasteiger partial charge in [0.05, 0.1) is 13.2 Å². The summed E-state index contributed by atoms with van der Waals surface area (Å²) in [5, 5.41) is 0.655. The first-order valence-corrected chi connectivity index (χ1v) is 5.84. The highest BCUT2D eigenvalue weighted by atomic mass is 35.5. The number of hydrogen-bond acceptors (Lipinski definition) is 2. The van der Waals surface area contributed by atoms with Crippen molar-refractivity contribution in [3.8, 4) is 5.75 Å². The lowest BCUT2D eigenvalue weighted by Crippen LogP contribution is -2.12. The molecule has 2 nitrogen and oxygen atoms in total. The van der Waals surface area contributed by atoms with Gasteiger partial charge in [-0.15, -0.1) is 0 Å². The highest BCUT2D eigenvalue weighted by Crippen LogP contribution is 2.26. The van der Waals surface area contributed by atoms with Gasteiger partial charge >= 0.3 is 0 Å². The van der Waals surface area contributed by atoms with Crippen molar-refractivity contribution in [3.05, 3.63) is 64.4 Å². The Kier molecular flexibility index (Phi) is 3.84. The molecule has 94 valence electrons. The molecular formula is C14H13ClFNO. The predicted octanol–water partition coefficient (Wildman–Crippen LogP) is 3.54. The largest absolute Gasteiger partial charge is 0.494 e. The number of methoxy groups -OCH3 is 1. The molecule has 0 aliphatic heterocycles. The van der Waals surface area contributed by atoms with E-state index in [-0.39, 0.29) is 11.8 Å². The molecule has 1 unspecified atom stereocenters. The SMILES string of the molecule is COc1cc(C(N)c2ccc(Cl)cc2)ccc1F. The molecule has 0 heterocycles. The van der Waals surface area contributed by atoms with Gasteiger partial charge in [-0.05, 0) is 35.4 Å². The number of ether oxygens (including phenoxy) is 1. The highest BCUT2D eigenvalue weighted by Gasteiger charge is 2.11. The van der Waals surface area contributed by atoms with E-state index in [1.807, 2.05) is 12.1 Å². The maximum absolute atomic E-state index is 13.3. The average Bonchev–Trinajstić information content (AvgIpc) is 2.39. The van der Waals surface area contributed by atoms with Gasteiger partial charge in [-0.3, -0.25) is 0 Å². The van der Waals surface area contributed by atoms with Gasteiger partial charge in [0.15, 0.2) is 11.6 Å². The second-order valence-corrected chi connectivity index (χ2v) is 4.36. The quantitative estimate of drug-likeness (QED) is 0.921. The summed E-state index contributed by atoms with van der Waals surface area (Å²) in [6.07, 6.45) is 0. The van der Waals surface area contributed by atoms with Gasteiger partial charge in [0.1, 0.15) is 0 Å². The summed E-state index contributed by atoms with van der Waals surface area (Å²) in [7, 11) is 1.43. The molecule has 2 aromatic rings. The summed E-state index contributed by atoms with van der Waals surface area (Å²) in [6.45, 7) is 0. The molecule has 0 aromatic heterocycles. The topological polar surface area (TPSA) is 35.2 Å². The molecule has 2 rings (SSSR count). The second kappa shape index (κ2) is 5.38. The van der Waals surface area contributed by atoms with Crippen LogP contribution < -0.4 is 10.5 Å². The third-order valence-electron chi connectivity index (χ3n) is 2.76. The molecule has 0 fully saturated rings. The molecule has 0 amide bonds. The van der Waals surface area contributed by atoms with Crippen LogP contribution in [-0.4, -0.2) is 7.11 Å². The van der Waals surface area contributed by atoms with E-state index in [4.69, 9.17) is 22.1 Å². The molecule has 0 saturated heterocycles. The van der Waals surface area contributed by atoms with E-state index < -0.39 is 5.82 Å². The number of halogens is 2. The van der Waals surface area contributed by atoms with Crippen molar-refractivity contribution in [1.82, 2.24) is 0 Å². The Morgan fingerprint density at radius 1 is 1.11 bits per heavy atom. The first-order chi connectivity index (χ1) is 8.61. The van der Waals surface area contributed by atoms with E-state index >= 15 is 0 Å². The lowest BCUT2D eigenvalue weighted by Gasteiger charge is -2.14. The molecule has 1 atom stereocenters. The van der Waals surface area contributed by atoms with Gasteiger partial charge in [-0.25, -0.2) is 4.39 Å². The monoisotopic (exact) mass is 265 g/mol. The fraction of sp³-hybridized carbons (Fsp3) is 0.143. The third-order valence-corrected chi connectivity index (χ3v) is 3.02. The zero-order chi connectivity index (χ0) is 13.1. The van der Waals surface area contributed by atoms with E-state index in [9.17, 15) is 4.39 Å². The summed E-state index contributed by atoms with van der Waals surface area (Å²) in [5.74, 6) is -0.207. The van der Waals surface area contributed by atoms with Crippen LogP contribution in [0, 0.1) is 5.82 Å². The summed E-state index contributed by atoms with van der Waals surface area (Å²) in [4.78, 5) is 0. The van der Waals surface area contributed by atoms with Crippen LogP contribution in [0.15, 0.2) is 42.5 Å². The van der Waals surface area contributed by atoms with E-state index in [1.54, 1.807) is 24.3 Å². The van der Waals surface area contributed by atoms with Crippen LogP contribution in [0.3, 0.4) is 0 Å². The lowest BCUT2D eigenvalue weighted by atomic mass is 9.99. The highest BCUT2D eigenvalue weighted by molar-refractivity contribution is 6.30. The minimum atomic E-state index is -0.399. The predicted molar refractivity (Wildman–Crippen MR) is 70.4 cm³/mol. The second-order valence-electron chi connectivity index (χ2n) is 3.92. The molecule has 0 radical (unpaired) electrons. The molecular weight excluding hydrogens is 253 g/mol. The molecule has 2 aromatic carbocycles. The molecule has 0 bridgehead atoms. The number of nitrogens with two attached hydrogens (primary N) is 1. The Hall–Kier alpha value is -1.58. The number of benzene rings is 2. The summed E-state index contributed by atoms with van der Waals surface area (Å²) in [5.41, 5.74) is 7.82. The zero-order valence-corrected chi connectivity index (χ0v) is 10.6. The van der Waals surface area contributed by atoms with E-state index in [0.717, 1.165) is 11.1 Å². The van der Waals surface area contributed by atoms with Crippen molar-refractivity contribution in [3.63, 3.8) is 0 Å². The van der Waals surface area contributed by atoms with Crippen LogP contribution in [0.5, 0.6) is 5.75 Å². The summed E-state index contributed by atoms with van der Waals surface area (Å²) >= 11 is 5.82. The van der Waals surface area contributed by atoms with Crippen LogP contribution in [-0.2, 0) is 0 Å². The molecule has 0 spiro atoms. The molecule has 0 aliphatic rings. The minimum absolute atomic E-state index is 0.192. The maximum Gasteiger partial charge on any atom is 0.165 e. The van der Waals surface area contributed by atoms with E-state index in [2.05, 4.69) is 0 Å². The smallest absolute Gasteiger partial charge is 0.165 e. The first-order valence-electron chi connectivity index (χ1n) is 5.46. The van der Waals surface area contributed by atoms with Crippen LogP contribution in [0.4, 0.5) is 4.39 Å². The fourth-order valence-corrected chi connectivity index (χ4v) is 1.86. The summed E-state index contributed by atoms with van der Waals surface area (Å²) < 4.78 is 18.2. The van der Waals surface area contributed by atoms with Crippen molar-refractivity contribution >= 4 is 11.6 Å². The van der Waals surface area contributed by atoms with Gasteiger partial charge in [-0.1, -0.05) is 29.8 Å². The average molecular weight is 266 g/mol. The van der Waals surface area contributed by atoms with Crippen molar-refractivity contribution < 1.29 is 9.13 Å². The van der Waals surface area contributed by atoms with E-state index in [1.165, 1.54) is 13.2 Å². The van der Waals surface area contributed by atoms with Gasteiger partial charge in [-0.2, -0.15) is 0 Å². The van der Waals surface area contributed by atoms with Gasteiger partial charge in [0.25, 0.3) is 0 Å². The minimum Gasteiger partial charge on any atom is -0.494 e. The lowest BCUT2D eigenvalue weighted by molar-refractivity contribution is 0.385. The van der Waals surface area contributed by atoms with Gasteiger partial charge < -0.3 is 10.5 Å². The number of rotatable bonds is 3. The zero-order valence-electron chi connectivity index (χ0n) is 9.86. The maximum atomic E-state index is 13.3. The van der Waals surface area contributed by atoms with Crippen LogP contribution >= 0.6 is 11.6 Å². The third kappa shape index (κ3) is 2.63. The number of hydrogen-bond donors (Lipinski definition) is 1. The van der Waals surface area contributed by atoms with Crippen molar-refractivity contribution in [2.24, 2.45) is 5.73 Å². The van der Waals surface area contributed by atoms with Crippen LogP contribution in [0.25, 0.3) is 0 Å². The standard InChI is InChI=1S/C14H13ClFNO/c1-18-13-8-10(4-7-12(13)16)14(17)9-2-5-11(15)6-3-9/h2-8,14H,17H2,1H3. The Bertz CT molecular complexity index is 542. The molecule has 0 saturated carbocycles. The van der Waals surface area contributed by atoms with Gasteiger partial charge in [0.2, 0.25) is 0 Å². The molecule has 0 aliphatic carbocycles. The summed E-state index contributed by atoms with van der Waals surface area (Å²) in [6, 6.07) is 11.5. The van der Waals surface area contributed by atoms with Crippen molar-refractivity contribution in [1.29, 1.82) is 0 Å². The normalized spacial score (nSPS) is 12.2. The molecule has 2 N–H and O–H groups in total. The Balaban J connectivity index is 2.33. The van der Waals surface area contributed by atoms with Crippen LogP contribution in [0.2, 0.25) is 5.02 Å². The first kappa shape index (κ1) is 12.9. The molecule has 4 heteroatoms. The fourth-order valence-electron chi connectivity index (χ4n) is 1.73. The Morgan fingerprint density at radius 2 is 1.72 bits per heavy atom. The van der Waals surface area contributed by atoms with Crippen molar-refractivity contribution in [2.45, 2.75) is 6.04 Å². The molecule has 18 heavy (non-hydrogen) atoms. The van der Waals surface area contributed by atoms with Crippen LogP contribution in [0.1, 0.15) is 17.2 Å². The van der Waals surface area contributed by atoms with E-state index in [0.29, 0.717) is 5.02 Å². The van der Waals surface area contributed by atoms with Gasteiger partial charge in [0, 0.05) is 5.02 Å². The Labute approximate surface area is 110 Å². The van der Waals surface area contributed by atoms with Crippen molar-refractivity contribution in [2.75, 3.05) is 7.11 Å². The Morgan fingerprint density at radius 3 is 2.33 bits per heavy atom.